The zero-order chi connectivity index (χ0) is 21.5. The lowest BCUT2D eigenvalue weighted by Gasteiger charge is -2.07. The van der Waals surface area contributed by atoms with E-state index in [0.29, 0.717) is 5.71 Å². The molecule has 3 aromatic rings. The van der Waals surface area contributed by atoms with Gasteiger partial charge in [0.05, 0.1) is 22.8 Å². The number of nitrogens with one attached hydrogen (secondary N) is 1. The number of nitro groups is 1. The highest BCUT2D eigenvalue weighted by atomic mass is 16.6. The molecule has 3 rings (SSSR count). The van der Waals surface area contributed by atoms with Gasteiger partial charge in [-0.2, -0.15) is 5.10 Å². The second kappa shape index (κ2) is 9.47. The fourth-order valence-electron chi connectivity index (χ4n) is 2.86. The summed E-state index contributed by atoms with van der Waals surface area (Å²) in [7, 11) is 0. The second-order valence-corrected chi connectivity index (χ2v) is 6.46. The Morgan fingerprint density at radius 2 is 1.63 bits per heavy atom. The maximum atomic E-state index is 11.8. The van der Waals surface area contributed by atoms with Crippen molar-refractivity contribution in [2.45, 2.75) is 13.8 Å². The van der Waals surface area contributed by atoms with Gasteiger partial charge in [0.25, 0.3) is 5.69 Å². The van der Waals surface area contributed by atoms with Crippen LogP contribution in [0.4, 0.5) is 11.4 Å². The van der Waals surface area contributed by atoms with E-state index in [1.165, 1.54) is 18.2 Å². The fraction of sp³-hybridized carbons (Fsp3) is 0.130. The van der Waals surface area contributed by atoms with Crippen molar-refractivity contribution in [3.63, 3.8) is 0 Å². The van der Waals surface area contributed by atoms with Gasteiger partial charge >= 0.3 is 5.97 Å². The molecule has 0 saturated heterocycles. The summed E-state index contributed by atoms with van der Waals surface area (Å²) in [6.45, 7) is 3.68. The van der Waals surface area contributed by atoms with Gasteiger partial charge in [0.2, 0.25) is 0 Å². The number of carbonyl (C=O) groups excluding carboxylic acids is 1. The minimum absolute atomic E-state index is 0.117. The van der Waals surface area contributed by atoms with E-state index in [1.807, 2.05) is 61.5 Å². The standard InChI is InChI=1S/C23H21N3O4/c1-3-30-23(27)20-13-14-21(22(15-20)26(28)29)25-24-16(2)17-9-11-19(12-10-17)18-7-5-4-6-8-18/h4-15,25H,3H2,1-2H3/b24-16+. The van der Waals surface area contributed by atoms with E-state index in [9.17, 15) is 14.9 Å². The van der Waals surface area contributed by atoms with Crippen molar-refractivity contribution in [1.82, 2.24) is 0 Å². The lowest BCUT2D eigenvalue weighted by molar-refractivity contribution is -0.384. The summed E-state index contributed by atoms with van der Waals surface area (Å²) in [5.41, 5.74) is 6.54. The Hall–Kier alpha value is -4.00. The summed E-state index contributed by atoms with van der Waals surface area (Å²) in [5.74, 6) is -0.606. The summed E-state index contributed by atoms with van der Waals surface area (Å²) in [4.78, 5) is 22.7. The van der Waals surface area contributed by atoms with E-state index in [4.69, 9.17) is 4.74 Å². The third-order valence-corrected chi connectivity index (χ3v) is 4.46. The average Bonchev–Trinajstić information content (AvgIpc) is 2.78. The number of anilines is 1. The maximum absolute atomic E-state index is 11.8. The first kappa shape index (κ1) is 20.7. The van der Waals surface area contributed by atoms with Gasteiger partial charge in [-0.1, -0.05) is 54.6 Å². The van der Waals surface area contributed by atoms with E-state index >= 15 is 0 Å². The van der Waals surface area contributed by atoms with Crippen LogP contribution in [0.25, 0.3) is 11.1 Å². The monoisotopic (exact) mass is 403 g/mol. The van der Waals surface area contributed by atoms with Crippen LogP contribution in [0, 0.1) is 10.1 Å². The van der Waals surface area contributed by atoms with Crippen LogP contribution in [-0.4, -0.2) is 23.2 Å². The van der Waals surface area contributed by atoms with Gasteiger partial charge in [0, 0.05) is 6.07 Å². The molecule has 0 bridgehead atoms. The highest BCUT2D eigenvalue weighted by molar-refractivity contribution is 5.99. The molecule has 0 atom stereocenters. The summed E-state index contributed by atoms with van der Waals surface area (Å²) in [5, 5.41) is 15.7. The molecule has 3 aromatic carbocycles. The Bertz CT molecular complexity index is 1080. The molecule has 0 saturated carbocycles. The Balaban J connectivity index is 1.79. The highest BCUT2D eigenvalue weighted by Crippen LogP contribution is 2.26. The molecule has 0 spiro atoms. The molecule has 152 valence electrons. The first-order valence-corrected chi connectivity index (χ1v) is 9.41. The molecule has 0 aliphatic carbocycles. The van der Waals surface area contributed by atoms with Crippen molar-refractivity contribution < 1.29 is 14.5 Å². The number of hydrogen-bond acceptors (Lipinski definition) is 6. The largest absolute Gasteiger partial charge is 0.462 e. The van der Waals surface area contributed by atoms with Gasteiger partial charge in [-0.05, 0) is 42.7 Å². The van der Waals surface area contributed by atoms with Gasteiger partial charge in [-0.25, -0.2) is 4.79 Å². The van der Waals surface area contributed by atoms with Gasteiger partial charge < -0.3 is 4.74 Å². The summed E-state index contributed by atoms with van der Waals surface area (Å²) in [6.07, 6.45) is 0. The zero-order valence-electron chi connectivity index (χ0n) is 16.7. The smallest absolute Gasteiger partial charge is 0.338 e. The van der Waals surface area contributed by atoms with Crippen molar-refractivity contribution in [2.24, 2.45) is 5.10 Å². The van der Waals surface area contributed by atoms with E-state index in [0.717, 1.165) is 16.7 Å². The van der Waals surface area contributed by atoms with Crippen LogP contribution in [0.5, 0.6) is 0 Å². The molecular weight excluding hydrogens is 382 g/mol. The molecule has 0 aliphatic rings. The Labute approximate surface area is 174 Å². The van der Waals surface area contributed by atoms with E-state index in [2.05, 4.69) is 10.5 Å². The third kappa shape index (κ3) is 4.88. The van der Waals surface area contributed by atoms with Crippen LogP contribution in [0.2, 0.25) is 0 Å². The van der Waals surface area contributed by atoms with Crippen LogP contribution in [0.3, 0.4) is 0 Å². The number of ether oxygens (including phenoxy) is 1. The molecule has 0 radical (unpaired) electrons. The van der Waals surface area contributed by atoms with Crippen molar-refractivity contribution in [2.75, 3.05) is 12.0 Å². The Morgan fingerprint density at radius 3 is 2.27 bits per heavy atom. The third-order valence-electron chi connectivity index (χ3n) is 4.46. The number of nitro benzene ring substituents is 1. The van der Waals surface area contributed by atoms with Crippen molar-refractivity contribution in [3.8, 4) is 11.1 Å². The first-order valence-electron chi connectivity index (χ1n) is 9.41. The molecule has 0 aromatic heterocycles. The zero-order valence-corrected chi connectivity index (χ0v) is 16.7. The van der Waals surface area contributed by atoms with Crippen molar-refractivity contribution >= 4 is 23.1 Å². The Morgan fingerprint density at radius 1 is 1.00 bits per heavy atom. The molecule has 0 fully saturated rings. The summed E-state index contributed by atoms with van der Waals surface area (Å²) < 4.78 is 4.89. The fourth-order valence-corrected chi connectivity index (χ4v) is 2.86. The van der Waals surface area contributed by atoms with Crippen LogP contribution >= 0.6 is 0 Å². The lowest BCUT2D eigenvalue weighted by Crippen LogP contribution is -2.07. The number of rotatable bonds is 7. The van der Waals surface area contributed by atoms with Gasteiger partial charge in [0.15, 0.2) is 0 Å². The van der Waals surface area contributed by atoms with Crippen molar-refractivity contribution in [1.29, 1.82) is 0 Å². The first-order chi connectivity index (χ1) is 14.5. The molecule has 0 heterocycles. The quantitative estimate of drug-likeness (QED) is 0.251. The molecule has 0 unspecified atom stereocenters. The van der Waals surface area contributed by atoms with E-state index < -0.39 is 10.9 Å². The summed E-state index contributed by atoms with van der Waals surface area (Å²) >= 11 is 0. The highest BCUT2D eigenvalue weighted by Gasteiger charge is 2.18. The molecule has 1 N–H and O–H groups in total. The molecule has 0 amide bonds. The lowest BCUT2D eigenvalue weighted by atomic mass is 10.0. The summed E-state index contributed by atoms with van der Waals surface area (Å²) in [6, 6.07) is 22.0. The Kier molecular flexibility index (Phi) is 6.54. The van der Waals surface area contributed by atoms with Gasteiger partial charge in [-0.15, -0.1) is 0 Å². The molecule has 7 nitrogen and oxygen atoms in total. The molecule has 0 aliphatic heterocycles. The molecular formula is C23H21N3O4. The molecule has 30 heavy (non-hydrogen) atoms. The number of hydrazone groups is 1. The molecule has 7 heteroatoms. The van der Waals surface area contributed by atoms with Gasteiger partial charge in [-0.3, -0.25) is 15.5 Å². The van der Waals surface area contributed by atoms with E-state index in [1.54, 1.807) is 6.92 Å². The number of esters is 1. The average molecular weight is 403 g/mol. The van der Waals surface area contributed by atoms with E-state index in [-0.39, 0.29) is 23.5 Å². The van der Waals surface area contributed by atoms with Crippen molar-refractivity contribution in [3.05, 3.63) is 94.0 Å². The maximum Gasteiger partial charge on any atom is 0.338 e. The van der Waals surface area contributed by atoms with Crippen LogP contribution in [-0.2, 0) is 4.74 Å². The second-order valence-electron chi connectivity index (χ2n) is 6.46. The number of hydrogen-bond donors (Lipinski definition) is 1. The number of carbonyl (C=O) groups is 1. The van der Waals surface area contributed by atoms with Crippen LogP contribution < -0.4 is 5.43 Å². The minimum Gasteiger partial charge on any atom is -0.462 e. The van der Waals surface area contributed by atoms with Gasteiger partial charge in [0.1, 0.15) is 5.69 Å². The number of benzene rings is 3. The topological polar surface area (TPSA) is 93.8 Å². The normalized spacial score (nSPS) is 11.1. The van der Waals surface area contributed by atoms with Crippen LogP contribution in [0.15, 0.2) is 77.9 Å². The predicted octanol–water partition coefficient (Wildman–Crippen LogP) is 5.27. The number of nitrogens with zero attached hydrogens (tertiary/aromatic N) is 2. The minimum atomic E-state index is -0.606. The SMILES string of the molecule is CCOC(=O)c1ccc(N/N=C(\C)c2ccc(-c3ccccc3)cc2)c([N+](=O)[O-])c1. The predicted molar refractivity (Wildman–Crippen MR) is 117 cm³/mol. The van der Waals surface area contributed by atoms with Crippen LogP contribution in [0.1, 0.15) is 29.8 Å².